The molecule has 100 valence electrons. The first-order chi connectivity index (χ1) is 8.74. The van der Waals surface area contributed by atoms with Crippen LogP contribution in [0.1, 0.15) is 43.3 Å². The van der Waals surface area contributed by atoms with E-state index in [9.17, 15) is 0 Å². The summed E-state index contributed by atoms with van der Waals surface area (Å²) >= 11 is 0. The zero-order chi connectivity index (χ0) is 13.0. The number of nitrogen functional groups attached to an aromatic ring is 1. The van der Waals surface area contributed by atoms with E-state index < -0.39 is 0 Å². The molecule has 1 aliphatic heterocycles. The Bertz CT molecular complexity index is 402. The summed E-state index contributed by atoms with van der Waals surface area (Å²) in [4.78, 5) is 9.05. The van der Waals surface area contributed by atoms with Gasteiger partial charge in [0, 0.05) is 24.3 Å². The number of aryl methyl sites for hydroxylation is 1. The van der Waals surface area contributed by atoms with Gasteiger partial charge in [-0.05, 0) is 32.6 Å². The molecule has 1 unspecified atom stereocenters. The van der Waals surface area contributed by atoms with Gasteiger partial charge in [-0.15, -0.1) is 0 Å². The fraction of sp³-hybridized carbons (Fsp3) is 0.692. The number of hydrazine groups is 1. The highest BCUT2D eigenvalue weighted by Crippen LogP contribution is 2.19. The minimum Gasteiger partial charge on any atom is -0.378 e. The van der Waals surface area contributed by atoms with Gasteiger partial charge in [-0.2, -0.15) is 0 Å². The maximum absolute atomic E-state index is 5.72. The van der Waals surface area contributed by atoms with Crippen LogP contribution in [0.4, 0.5) is 5.82 Å². The first-order valence-electron chi connectivity index (χ1n) is 6.69. The Morgan fingerprint density at radius 3 is 2.83 bits per heavy atom. The van der Waals surface area contributed by atoms with E-state index in [2.05, 4.69) is 22.3 Å². The smallest absolute Gasteiger partial charge is 0.147 e. The van der Waals surface area contributed by atoms with Gasteiger partial charge in [-0.25, -0.2) is 15.8 Å². The second-order valence-corrected chi connectivity index (χ2v) is 4.74. The van der Waals surface area contributed by atoms with Crippen LogP contribution < -0.4 is 11.3 Å². The van der Waals surface area contributed by atoms with Crippen LogP contribution in [-0.2, 0) is 17.6 Å². The second-order valence-electron chi connectivity index (χ2n) is 4.74. The summed E-state index contributed by atoms with van der Waals surface area (Å²) in [6.45, 7) is 4.95. The van der Waals surface area contributed by atoms with E-state index in [1.807, 2.05) is 6.92 Å². The van der Waals surface area contributed by atoms with Crippen LogP contribution in [0.25, 0.3) is 0 Å². The van der Waals surface area contributed by atoms with E-state index in [0.717, 1.165) is 48.8 Å². The van der Waals surface area contributed by atoms with Gasteiger partial charge in [0.1, 0.15) is 11.6 Å². The highest BCUT2D eigenvalue weighted by molar-refractivity contribution is 5.45. The maximum Gasteiger partial charge on any atom is 0.147 e. The van der Waals surface area contributed by atoms with Gasteiger partial charge >= 0.3 is 0 Å². The minimum absolute atomic E-state index is 0.260. The molecular weight excluding hydrogens is 228 g/mol. The number of hydrogen-bond acceptors (Lipinski definition) is 5. The molecule has 0 aromatic carbocycles. The average molecular weight is 250 g/mol. The Labute approximate surface area is 108 Å². The molecule has 5 nitrogen and oxygen atoms in total. The zero-order valence-corrected chi connectivity index (χ0v) is 11.2. The number of hydrogen-bond donors (Lipinski definition) is 2. The van der Waals surface area contributed by atoms with Crippen LogP contribution in [-0.4, -0.2) is 22.7 Å². The lowest BCUT2D eigenvalue weighted by molar-refractivity contribution is 0.0156. The summed E-state index contributed by atoms with van der Waals surface area (Å²) in [6, 6.07) is 0. The molecule has 0 radical (unpaired) electrons. The molecule has 0 bridgehead atoms. The first-order valence-corrected chi connectivity index (χ1v) is 6.69. The van der Waals surface area contributed by atoms with Crippen LogP contribution in [0.15, 0.2) is 0 Å². The molecule has 1 aromatic heterocycles. The fourth-order valence-corrected chi connectivity index (χ4v) is 2.46. The van der Waals surface area contributed by atoms with E-state index >= 15 is 0 Å². The highest BCUT2D eigenvalue weighted by Gasteiger charge is 2.17. The van der Waals surface area contributed by atoms with Crippen molar-refractivity contribution in [2.45, 2.75) is 52.1 Å². The van der Waals surface area contributed by atoms with E-state index in [1.165, 1.54) is 12.8 Å². The molecule has 1 fully saturated rings. The predicted octanol–water partition coefficient (Wildman–Crippen LogP) is 1.74. The summed E-state index contributed by atoms with van der Waals surface area (Å²) < 4.78 is 5.72. The summed E-state index contributed by atoms with van der Waals surface area (Å²) in [7, 11) is 0. The Kier molecular flexibility index (Phi) is 4.49. The van der Waals surface area contributed by atoms with Crippen molar-refractivity contribution in [1.82, 2.24) is 9.97 Å². The minimum atomic E-state index is 0.260. The molecule has 1 aromatic rings. The molecule has 18 heavy (non-hydrogen) atoms. The number of rotatable bonds is 4. The number of nitrogens with one attached hydrogen (secondary N) is 1. The SMILES string of the molecule is CCc1c(C)nc(CC2CCCCO2)nc1NN. The van der Waals surface area contributed by atoms with Gasteiger partial charge in [-0.3, -0.25) is 0 Å². The van der Waals surface area contributed by atoms with E-state index in [-0.39, 0.29) is 6.10 Å². The molecule has 1 aliphatic rings. The van der Waals surface area contributed by atoms with Gasteiger partial charge in [0.05, 0.1) is 6.10 Å². The average Bonchev–Trinajstić information content (AvgIpc) is 2.39. The van der Waals surface area contributed by atoms with Crippen LogP contribution in [0.3, 0.4) is 0 Å². The Balaban J connectivity index is 2.15. The number of anilines is 1. The number of nitrogens with two attached hydrogens (primary N) is 1. The van der Waals surface area contributed by atoms with Crippen molar-refractivity contribution in [1.29, 1.82) is 0 Å². The maximum atomic E-state index is 5.72. The van der Waals surface area contributed by atoms with Crippen LogP contribution in [0.2, 0.25) is 0 Å². The molecule has 0 saturated carbocycles. The van der Waals surface area contributed by atoms with Crippen molar-refractivity contribution in [3.05, 3.63) is 17.1 Å². The molecule has 2 rings (SSSR count). The molecule has 0 spiro atoms. The Hall–Kier alpha value is -1.20. The van der Waals surface area contributed by atoms with Crippen molar-refractivity contribution in [3.8, 4) is 0 Å². The van der Waals surface area contributed by atoms with Crippen molar-refractivity contribution < 1.29 is 4.74 Å². The predicted molar refractivity (Wildman–Crippen MR) is 71.3 cm³/mol. The first kappa shape index (κ1) is 13.2. The molecule has 0 aliphatic carbocycles. The quantitative estimate of drug-likeness (QED) is 0.629. The normalized spacial score (nSPS) is 19.8. The van der Waals surface area contributed by atoms with E-state index in [1.54, 1.807) is 0 Å². The highest BCUT2D eigenvalue weighted by atomic mass is 16.5. The fourth-order valence-electron chi connectivity index (χ4n) is 2.46. The standard InChI is InChI=1S/C13H22N4O/c1-3-11-9(2)15-12(16-13(11)17-14)8-10-6-4-5-7-18-10/h10H,3-8,14H2,1-2H3,(H,15,16,17). The molecule has 5 heteroatoms. The number of ether oxygens (including phenoxy) is 1. The van der Waals surface area contributed by atoms with E-state index in [0.29, 0.717) is 0 Å². The molecule has 1 atom stereocenters. The molecule has 1 saturated heterocycles. The van der Waals surface area contributed by atoms with Gasteiger partial charge in [0.15, 0.2) is 0 Å². The van der Waals surface area contributed by atoms with Crippen molar-refractivity contribution in [2.75, 3.05) is 12.0 Å². The second kappa shape index (κ2) is 6.11. The summed E-state index contributed by atoms with van der Waals surface area (Å²) in [5.74, 6) is 7.10. The monoisotopic (exact) mass is 250 g/mol. The number of aromatic nitrogens is 2. The topological polar surface area (TPSA) is 73.1 Å². The summed E-state index contributed by atoms with van der Waals surface area (Å²) in [5.41, 5.74) is 4.77. The van der Waals surface area contributed by atoms with Gasteiger partial charge < -0.3 is 10.2 Å². The third kappa shape index (κ3) is 2.97. The number of nitrogens with zero attached hydrogens (tertiary/aromatic N) is 2. The van der Waals surface area contributed by atoms with Crippen LogP contribution in [0.5, 0.6) is 0 Å². The Morgan fingerprint density at radius 1 is 1.39 bits per heavy atom. The van der Waals surface area contributed by atoms with Gasteiger partial charge in [0.25, 0.3) is 0 Å². The molecular formula is C13H22N4O. The molecule has 2 heterocycles. The Morgan fingerprint density at radius 2 is 2.22 bits per heavy atom. The van der Waals surface area contributed by atoms with Crippen LogP contribution >= 0.6 is 0 Å². The van der Waals surface area contributed by atoms with E-state index in [4.69, 9.17) is 10.6 Å². The summed E-state index contributed by atoms with van der Waals surface area (Å²) in [5, 5.41) is 0. The van der Waals surface area contributed by atoms with Crippen molar-refractivity contribution >= 4 is 5.82 Å². The lowest BCUT2D eigenvalue weighted by Gasteiger charge is -2.22. The van der Waals surface area contributed by atoms with Crippen molar-refractivity contribution in [2.24, 2.45) is 5.84 Å². The van der Waals surface area contributed by atoms with Crippen LogP contribution in [0, 0.1) is 6.92 Å². The van der Waals surface area contributed by atoms with Gasteiger partial charge in [0.2, 0.25) is 0 Å². The van der Waals surface area contributed by atoms with Gasteiger partial charge in [-0.1, -0.05) is 6.92 Å². The zero-order valence-electron chi connectivity index (χ0n) is 11.2. The summed E-state index contributed by atoms with van der Waals surface area (Å²) in [6.07, 6.45) is 5.42. The third-order valence-corrected chi connectivity index (χ3v) is 3.43. The largest absolute Gasteiger partial charge is 0.378 e. The lowest BCUT2D eigenvalue weighted by Crippen LogP contribution is -2.23. The molecule has 3 N–H and O–H groups in total. The lowest BCUT2D eigenvalue weighted by atomic mass is 10.1. The molecule has 0 amide bonds. The van der Waals surface area contributed by atoms with Crippen molar-refractivity contribution in [3.63, 3.8) is 0 Å². The third-order valence-electron chi connectivity index (χ3n) is 3.43.